The number of hydrogen-bond donors (Lipinski definition) is 1. The van der Waals surface area contributed by atoms with Gasteiger partial charge in [-0.15, -0.1) is 0 Å². The van der Waals surface area contributed by atoms with Gasteiger partial charge in [-0.05, 0) is 48.3 Å². The number of nitrogens with two attached hydrogens (primary N) is 1. The predicted molar refractivity (Wildman–Crippen MR) is 67.7 cm³/mol. The Labute approximate surface area is 103 Å². The molecule has 2 aromatic rings. The van der Waals surface area contributed by atoms with Crippen LogP contribution in [0.25, 0.3) is 5.82 Å². The summed E-state index contributed by atoms with van der Waals surface area (Å²) in [6.07, 6.45) is 1.66. The van der Waals surface area contributed by atoms with E-state index in [1.807, 2.05) is 31.5 Å². The summed E-state index contributed by atoms with van der Waals surface area (Å²) in [6.45, 7) is 5.91. The van der Waals surface area contributed by atoms with Gasteiger partial charge >= 0.3 is 0 Å². The van der Waals surface area contributed by atoms with Crippen molar-refractivity contribution >= 4 is 21.6 Å². The predicted octanol–water partition coefficient (Wildman–Crippen LogP) is 2.54. The van der Waals surface area contributed by atoms with Crippen molar-refractivity contribution in [3.63, 3.8) is 0 Å². The smallest absolute Gasteiger partial charge is 0.154 e. The first-order chi connectivity index (χ1) is 7.50. The van der Waals surface area contributed by atoms with E-state index in [1.54, 1.807) is 6.20 Å². The van der Waals surface area contributed by atoms with Crippen molar-refractivity contribution in [1.29, 1.82) is 0 Å². The van der Waals surface area contributed by atoms with Crippen molar-refractivity contribution in [2.45, 2.75) is 20.8 Å². The Morgan fingerprint density at radius 2 is 2.00 bits per heavy atom. The molecular formula is C11H13BrN4. The average molecular weight is 281 g/mol. The summed E-state index contributed by atoms with van der Waals surface area (Å²) in [6, 6.07) is 1.93. The lowest BCUT2D eigenvalue weighted by Gasteiger charge is -2.05. The molecular weight excluding hydrogens is 268 g/mol. The van der Waals surface area contributed by atoms with E-state index in [2.05, 4.69) is 26.0 Å². The van der Waals surface area contributed by atoms with Crippen LogP contribution in [0.1, 0.15) is 17.0 Å². The van der Waals surface area contributed by atoms with E-state index in [1.165, 1.54) is 0 Å². The Balaban J connectivity index is 2.59. The molecule has 0 bridgehead atoms. The van der Waals surface area contributed by atoms with Gasteiger partial charge in [-0.2, -0.15) is 5.10 Å². The molecule has 2 N–H and O–H groups in total. The zero-order valence-corrected chi connectivity index (χ0v) is 11.0. The Morgan fingerprint density at radius 1 is 1.31 bits per heavy atom. The Morgan fingerprint density at radius 3 is 2.50 bits per heavy atom. The molecule has 2 heterocycles. The molecule has 0 aliphatic carbocycles. The summed E-state index contributed by atoms with van der Waals surface area (Å²) in [7, 11) is 0. The summed E-state index contributed by atoms with van der Waals surface area (Å²) < 4.78 is 2.83. The van der Waals surface area contributed by atoms with Gasteiger partial charge in [-0.25, -0.2) is 9.67 Å². The largest absolute Gasteiger partial charge is 0.397 e. The number of halogens is 1. The lowest BCUT2D eigenvalue weighted by molar-refractivity contribution is 0.805. The summed E-state index contributed by atoms with van der Waals surface area (Å²) in [4.78, 5) is 4.28. The molecule has 0 unspecified atom stereocenters. The Kier molecular flexibility index (Phi) is 2.71. The first-order valence-corrected chi connectivity index (χ1v) is 5.74. The number of nitrogens with zero attached hydrogens (tertiary/aromatic N) is 3. The molecule has 0 saturated heterocycles. The van der Waals surface area contributed by atoms with E-state index in [4.69, 9.17) is 5.73 Å². The number of aryl methyl sites for hydroxylation is 2. The molecule has 0 saturated carbocycles. The molecule has 0 aliphatic heterocycles. The van der Waals surface area contributed by atoms with Crippen molar-refractivity contribution in [3.05, 3.63) is 33.7 Å². The van der Waals surface area contributed by atoms with Crippen LogP contribution < -0.4 is 5.73 Å². The molecule has 0 amide bonds. The van der Waals surface area contributed by atoms with Crippen LogP contribution in [0.2, 0.25) is 0 Å². The standard InChI is InChI=1S/C11H13BrN4/c1-6-4-10(14-5-9(6)13)16-8(3)11(12)7(2)15-16/h4-5H,13H2,1-3H3. The fraction of sp³-hybridized carbons (Fsp3) is 0.273. The molecule has 16 heavy (non-hydrogen) atoms. The fourth-order valence-electron chi connectivity index (χ4n) is 1.51. The van der Waals surface area contributed by atoms with Gasteiger partial charge in [-0.3, -0.25) is 0 Å². The SMILES string of the molecule is Cc1cc(-n2nc(C)c(Br)c2C)ncc1N. The quantitative estimate of drug-likeness (QED) is 0.873. The van der Waals surface area contributed by atoms with Gasteiger partial charge < -0.3 is 5.73 Å². The minimum atomic E-state index is 0.698. The lowest BCUT2D eigenvalue weighted by atomic mass is 10.2. The van der Waals surface area contributed by atoms with Crippen LogP contribution in [0.4, 0.5) is 5.69 Å². The minimum Gasteiger partial charge on any atom is -0.397 e. The third-order valence-corrected chi connectivity index (χ3v) is 3.70. The van der Waals surface area contributed by atoms with E-state index in [-0.39, 0.29) is 0 Å². The average Bonchev–Trinajstić information content (AvgIpc) is 2.50. The molecule has 0 radical (unpaired) electrons. The zero-order chi connectivity index (χ0) is 11.9. The highest BCUT2D eigenvalue weighted by Crippen LogP contribution is 2.23. The van der Waals surface area contributed by atoms with Crippen LogP contribution in [-0.4, -0.2) is 14.8 Å². The van der Waals surface area contributed by atoms with Crippen molar-refractivity contribution in [2.24, 2.45) is 0 Å². The third-order valence-electron chi connectivity index (χ3n) is 2.56. The summed E-state index contributed by atoms with van der Waals surface area (Å²) >= 11 is 3.49. The van der Waals surface area contributed by atoms with Crippen molar-refractivity contribution in [3.8, 4) is 5.82 Å². The van der Waals surface area contributed by atoms with Crippen LogP contribution >= 0.6 is 15.9 Å². The summed E-state index contributed by atoms with van der Waals surface area (Å²) in [5, 5.41) is 4.42. The molecule has 2 aromatic heterocycles. The molecule has 84 valence electrons. The normalized spacial score (nSPS) is 10.8. The van der Waals surface area contributed by atoms with Crippen LogP contribution in [0.15, 0.2) is 16.7 Å². The van der Waals surface area contributed by atoms with Gasteiger partial charge in [-0.1, -0.05) is 0 Å². The number of pyridine rings is 1. The number of anilines is 1. The maximum Gasteiger partial charge on any atom is 0.154 e. The highest BCUT2D eigenvalue weighted by molar-refractivity contribution is 9.10. The number of hydrogen-bond acceptors (Lipinski definition) is 3. The lowest BCUT2D eigenvalue weighted by Crippen LogP contribution is -2.03. The highest BCUT2D eigenvalue weighted by atomic mass is 79.9. The van der Waals surface area contributed by atoms with E-state index in [0.29, 0.717) is 5.69 Å². The van der Waals surface area contributed by atoms with Crippen LogP contribution in [0.3, 0.4) is 0 Å². The van der Waals surface area contributed by atoms with Gasteiger partial charge in [0.05, 0.1) is 27.7 Å². The molecule has 0 atom stereocenters. The maximum absolute atomic E-state index is 5.74. The van der Waals surface area contributed by atoms with E-state index < -0.39 is 0 Å². The number of rotatable bonds is 1. The van der Waals surface area contributed by atoms with Gasteiger partial charge in [0.1, 0.15) is 0 Å². The number of nitrogen functional groups attached to an aromatic ring is 1. The molecule has 0 aromatic carbocycles. The topological polar surface area (TPSA) is 56.7 Å². The summed E-state index contributed by atoms with van der Waals surface area (Å²) in [5.41, 5.74) is 9.43. The van der Waals surface area contributed by atoms with Gasteiger partial charge in [0.25, 0.3) is 0 Å². The molecule has 2 rings (SSSR count). The fourth-order valence-corrected chi connectivity index (χ4v) is 1.76. The van der Waals surface area contributed by atoms with Crippen molar-refractivity contribution in [1.82, 2.24) is 14.8 Å². The molecule has 0 spiro atoms. The molecule has 4 nitrogen and oxygen atoms in total. The molecule has 0 fully saturated rings. The minimum absolute atomic E-state index is 0.698. The van der Waals surface area contributed by atoms with Crippen molar-refractivity contribution < 1.29 is 0 Å². The van der Waals surface area contributed by atoms with Crippen LogP contribution in [0.5, 0.6) is 0 Å². The first kappa shape index (κ1) is 11.1. The Hall–Kier alpha value is -1.36. The maximum atomic E-state index is 5.74. The first-order valence-electron chi connectivity index (χ1n) is 4.95. The summed E-state index contributed by atoms with van der Waals surface area (Å²) in [5.74, 6) is 0.790. The second kappa shape index (κ2) is 3.90. The van der Waals surface area contributed by atoms with Gasteiger partial charge in [0.2, 0.25) is 0 Å². The zero-order valence-electron chi connectivity index (χ0n) is 9.45. The third kappa shape index (κ3) is 1.71. The number of aromatic nitrogens is 3. The molecule has 5 heteroatoms. The van der Waals surface area contributed by atoms with Gasteiger partial charge in [0, 0.05) is 0 Å². The Bertz CT molecular complexity index is 545. The van der Waals surface area contributed by atoms with Crippen molar-refractivity contribution in [2.75, 3.05) is 5.73 Å². The second-order valence-electron chi connectivity index (χ2n) is 3.80. The van der Waals surface area contributed by atoms with Crippen LogP contribution in [0, 0.1) is 20.8 Å². The van der Waals surface area contributed by atoms with Crippen LogP contribution in [-0.2, 0) is 0 Å². The highest BCUT2D eigenvalue weighted by Gasteiger charge is 2.11. The van der Waals surface area contributed by atoms with E-state index in [9.17, 15) is 0 Å². The monoisotopic (exact) mass is 280 g/mol. The second-order valence-corrected chi connectivity index (χ2v) is 4.59. The van der Waals surface area contributed by atoms with E-state index in [0.717, 1.165) is 27.2 Å². The van der Waals surface area contributed by atoms with E-state index >= 15 is 0 Å². The molecule has 0 aliphatic rings. The van der Waals surface area contributed by atoms with Gasteiger partial charge in [0.15, 0.2) is 5.82 Å².